The van der Waals surface area contributed by atoms with Crippen molar-refractivity contribution in [1.82, 2.24) is 5.32 Å². The third kappa shape index (κ3) is 3.01. The number of benzene rings is 2. The molecule has 2 nitrogen and oxygen atoms in total. The molecule has 4 heteroatoms. The molecule has 0 aromatic heterocycles. The van der Waals surface area contributed by atoms with E-state index < -0.39 is 0 Å². The standard InChI is InChI=1S/C16H17BrFNO/c1-10(2)15(9-17)19-16(20)13-7-8-14(18)12-6-4-3-5-11(12)13/h3-8,10,15H,9H2,1-2H3,(H,19,20). The van der Waals surface area contributed by atoms with E-state index in [0.717, 1.165) is 0 Å². The second-order valence-electron chi connectivity index (χ2n) is 5.12. The molecule has 0 saturated heterocycles. The van der Waals surface area contributed by atoms with Crippen molar-refractivity contribution in [2.45, 2.75) is 19.9 Å². The van der Waals surface area contributed by atoms with Gasteiger partial charge in [-0.25, -0.2) is 4.39 Å². The van der Waals surface area contributed by atoms with Crippen LogP contribution in [0.4, 0.5) is 4.39 Å². The van der Waals surface area contributed by atoms with Crippen LogP contribution in [0.5, 0.6) is 0 Å². The monoisotopic (exact) mass is 337 g/mol. The SMILES string of the molecule is CC(C)C(CBr)NC(=O)c1ccc(F)c2ccccc12. The van der Waals surface area contributed by atoms with E-state index in [1.807, 2.05) is 6.07 Å². The average Bonchev–Trinajstić information content (AvgIpc) is 2.45. The molecule has 0 spiro atoms. The summed E-state index contributed by atoms with van der Waals surface area (Å²) in [6, 6.07) is 9.96. The number of amides is 1. The fraction of sp³-hybridized carbons (Fsp3) is 0.312. The Morgan fingerprint density at radius 2 is 1.85 bits per heavy atom. The Hall–Kier alpha value is -1.42. The Balaban J connectivity index is 2.38. The van der Waals surface area contributed by atoms with Crippen LogP contribution < -0.4 is 5.32 Å². The van der Waals surface area contributed by atoms with Crippen LogP contribution in [0.1, 0.15) is 24.2 Å². The Morgan fingerprint density at radius 3 is 2.45 bits per heavy atom. The third-order valence-electron chi connectivity index (χ3n) is 3.40. The first-order valence-corrected chi connectivity index (χ1v) is 7.70. The minimum absolute atomic E-state index is 0.0475. The van der Waals surface area contributed by atoms with Crippen LogP contribution >= 0.6 is 15.9 Å². The molecule has 20 heavy (non-hydrogen) atoms. The molecule has 0 saturated carbocycles. The highest BCUT2D eigenvalue weighted by Gasteiger charge is 2.18. The summed E-state index contributed by atoms with van der Waals surface area (Å²) in [5.74, 6) is -0.151. The second-order valence-corrected chi connectivity index (χ2v) is 5.77. The van der Waals surface area contributed by atoms with Crippen molar-refractivity contribution in [1.29, 1.82) is 0 Å². The number of halogens is 2. The number of carbonyl (C=O) groups is 1. The zero-order valence-electron chi connectivity index (χ0n) is 11.5. The Labute approximate surface area is 126 Å². The Morgan fingerprint density at radius 1 is 1.20 bits per heavy atom. The van der Waals surface area contributed by atoms with Crippen molar-refractivity contribution in [3.63, 3.8) is 0 Å². The quantitative estimate of drug-likeness (QED) is 0.835. The Bertz CT molecular complexity index is 627. The summed E-state index contributed by atoms with van der Waals surface area (Å²) in [5.41, 5.74) is 0.508. The summed E-state index contributed by atoms with van der Waals surface area (Å²) in [6.45, 7) is 4.10. The van der Waals surface area contributed by atoms with E-state index in [1.165, 1.54) is 6.07 Å². The second kappa shape index (κ2) is 6.35. The van der Waals surface area contributed by atoms with Crippen LogP contribution in [0.25, 0.3) is 10.8 Å². The van der Waals surface area contributed by atoms with Gasteiger partial charge in [0, 0.05) is 22.3 Å². The zero-order valence-corrected chi connectivity index (χ0v) is 13.1. The lowest BCUT2D eigenvalue weighted by atomic mass is 10.0. The predicted octanol–water partition coefficient (Wildman–Crippen LogP) is 4.13. The molecule has 1 atom stereocenters. The van der Waals surface area contributed by atoms with E-state index in [4.69, 9.17) is 0 Å². The molecule has 0 aliphatic heterocycles. The maximum atomic E-state index is 13.7. The van der Waals surface area contributed by atoms with E-state index >= 15 is 0 Å². The summed E-state index contributed by atoms with van der Waals surface area (Å²) in [4.78, 5) is 12.4. The first-order valence-electron chi connectivity index (χ1n) is 6.58. The van der Waals surface area contributed by atoms with Crippen molar-refractivity contribution >= 4 is 32.6 Å². The third-order valence-corrected chi connectivity index (χ3v) is 4.10. The molecule has 1 amide bonds. The molecule has 106 valence electrons. The average molecular weight is 338 g/mol. The number of hydrogen-bond donors (Lipinski definition) is 1. The number of alkyl halides is 1. The van der Waals surface area contributed by atoms with Gasteiger partial charge in [-0.2, -0.15) is 0 Å². The van der Waals surface area contributed by atoms with Gasteiger partial charge in [0.25, 0.3) is 5.91 Å². The summed E-state index contributed by atoms with van der Waals surface area (Å²) < 4.78 is 13.7. The van der Waals surface area contributed by atoms with E-state index in [9.17, 15) is 9.18 Å². The maximum Gasteiger partial charge on any atom is 0.252 e. The number of nitrogens with one attached hydrogen (secondary N) is 1. The fourth-order valence-electron chi connectivity index (χ4n) is 2.09. The van der Waals surface area contributed by atoms with Gasteiger partial charge in [0.05, 0.1) is 0 Å². The lowest BCUT2D eigenvalue weighted by Gasteiger charge is -2.20. The number of rotatable bonds is 4. The molecular weight excluding hydrogens is 321 g/mol. The molecule has 1 unspecified atom stereocenters. The zero-order chi connectivity index (χ0) is 14.7. The van der Waals surface area contributed by atoms with Gasteiger partial charge in [-0.3, -0.25) is 4.79 Å². The fourth-order valence-corrected chi connectivity index (χ4v) is 3.00. The smallest absolute Gasteiger partial charge is 0.252 e. The van der Waals surface area contributed by atoms with Crippen LogP contribution in [0.2, 0.25) is 0 Å². The highest BCUT2D eigenvalue weighted by atomic mass is 79.9. The summed E-state index contributed by atoms with van der Waals surface area (Å²) in [5, 5.41) is 4.79. The summed E-state index contributed by atoms with van der Waals surface area (Å²) in [6.07, 6.45) is 0. The van der Waals surface area contributed by atoms with Gasteiger partial charge in [0.2, 0.25) is 0 Å². The van der Waals surface area contributed by atoms with Gasteiger partial charge >= 0.3 is 0 Å². The van der Waals surface area contributed by atoms with E-state index in [0.29, 0.717) is 27.6 Å². The van der Waals surface area contributed by atoms with Gasteiger partial charge in [0.1, 0.15) is 5.82 Å². The molecule has 2 aromatic carbocycles. The van der Waals surface area contributed by atoms with Gasteiger partial charge < -0.3 is 5.32 Å². The molecule has 0 aliphatic carbocycles. The van der Waals surface area contributed by atoms with Crippen molar-refractivity contribution in [2.24, 2.45) is 5.92 Å². The minimum Gasteiger partial charge on any atom is -0.348 e. The topological polar surface area (TPSA) is 29.1 Å². The highest BCUT2D eigenvalue weighted by Crippen LogP contribution is 2.22. The van der Waals surface area contributed by atoms with Crippen LogP contribution in [-0.4, -0.2) is 17.3 Å². The van der Waals surface area contributed by atoms with Crippen LogP contribution in [-0.2, 0) is 0 Å². The van der Waals surface area contributed by atoms with Crippen molar-refractivity contribution in [2.75, 3.05) is 5.33 Å². The molecule has 0 aliphatic rings. The van der Waals surface area contributed by atoms with E-state index in [-0.39, 0.29) is 17.8 Å². The normalized spacial score (nSPS) is 12.7. The highest BCUT2D eigenvalue weighted by molar-refractivity contribution is 9.09. The van der Waals surface area contributed by atoms with Crippen LogP contribution in [0.3, 0.4) is 0 Å². The van der Waals surface area contributed by atoms with Crippen LogP contribution in [0.15, 0.2) is 36.4 Å². The number of hydrogen-bond acceptors (Lipinski definition) is 1. The molecule has 0 radical (unpaired) electrons. The predicted molar refractivity (Wildman–Crippen MR) is 83.8 cm³/mol. The number of fused-ring (bicyclic) bond motifs is 1. The molecule has 0 heterocycles. The molecular formula is C16H17BrFNO. The minimum atomic E-state index is -0.307. The molecule has 1 N–H and O–H groups in total. The molecule has 0 fully saturated rings. The Kier molecular flexibility index (Phi) is 4.76. The summed E-state index contributed by atoms with van der Waals surface area (Å²) in [7, 11) is 0. The number of carbonyl (C=O) groups excluding carboxylic acids is 1. The van der Waals surface area contributed by atoms with E-state index in [2.05, 4.69) is 35.1 Å². The lowest BCUT2D eigenvalue weighted by Crippen LogP contribution is -2.39. The van der Waals surface area contributed by atoms with Gasteiger partial charge in [-0.15, -0.1) is 0 Å². The van der Waals surface area contributed by atoms with Gasteiger partial charge in [-0.1, -0.05) is 54.0 Å². The van der Waals surface area contributed by atoms with E-state index in [1.54, 1.807) is 24.3 Å². The largest absolute Gasteiger partial charge is 0.348 e. The first-order chi connectivity index (χ1) is 9.54. The maximum absolute atomic E-state index is 13.7. The van der Waals surface area contributed by atoms with Gasteiger partial charge in [0.15, 0.2) is 0 Å². The summed E-state index contributed by atoms with van der Waals surface area (Å²) >= 11 is 3.40. The lowest BCUT2D eigenvalue weighted by molar-refractivity contribution is 0.0933. The van der Waals surface area contributed by atoms with Crippen molar-refractivity contribution in [3.05, 3.63) is 47.8 Å². The molecule has 2 aromatic rings. The molecule has 0 bridgehead atoms. The molecule has 2 rings (SSSR count). The van der Waals surface area contributed by atoms with Gasteiger partial charge in [-0.05, 0) is 23.4 Å². The van der Waals surface area contributed by atoms with Crippen molar-refractivity contribution < 1.29 is 9.18 Å². The first kappa shape index (κ1) is 15.0. The van der Waals surface area contributed by atoms with Crippen molar-refractivity contribution in [3.8, 4) is 0 Å². The van der Waals surface area contributed by atoms with Crippen LogP contribution in [0, 0.1) is 11.7 Å².